The van der Waals surface area contributed by atoms with Crippen LogP contribution in [-0.2, 0) is 5.41 Å². The number of rotatable bonds is 1. The second-order valence-corrected chi connectivity index (χ2v) is 8.25. The van der Waals surface area contributed by atoms with Gasteiger partial charge in [0.25, 0.3) is 0 Å². The maximum Gasteiger partial charge on any atom is 0.0257 e. The lowest BCUT2D eigenvalue weighted by Gasteiger charge is -2.30. The van der Waals surface area contributed by atoms with Crippen molar-refractivity contribution >= 4 is 15.9 Å². The summed E-state index contributed by atoms with van der Waals surface area (Å²) in [5.41, 5.74) is 7.65. The minimum absolute atomic E-state index is 0.114. The van der Waals surface area contributed by atoms with Crippen molar-refractivity contribution in [3.8, 4) is 11.1 Å². The van der Waals surface area contributed by atoms with Crippen LogP contribution >= 0.6 is 15.9 Å². The van der Waals surface area contributed by atoms with Gasteiger partial charge in [-0.1, -0.05) is 79.4 Å². The summed E-state index contributed by atoms with van der Waals surface area (Å²) in [6.45, 7) is 4.80. The van der Waals surface area contributed by atoms with Crippen LogP contribution in [0.1, 0.15) is 68.6 Å². The van der Waals surface area contributed by atoms with Gasteiger partial charge in [-0.15, -0.1) is 0 Å². The normalized spacial score (nSPS) is 19.8. The molecule has 2 aromatic carbocycles. The smallest absolute Gasteiger partial charge is 0.0257 e. The van der Waals surface area contributed by atoms with E-state index in [1.54, 1.807) is 11.1 Å². The van der Waals surface area contributed by atoms with E-state index in [9.17, 15) is 0 Å². The lowest BCUT2D eigenvalue weighted by molar-refractivity contribution is 0.438. The van der Waals surface area contributed by atoms with Gasteiger partial charge >= 0.3 is 0 Å². The Morgan fingerprint density at radius 1 is 0.955 bits per heavy atom. The summed E-state index contributed by atoms with van der Waals surface area (Å²) in [6, 6.07) is 13.6. The number of benzene rings is 2. The number of halogens is 1. The average molecular weight is 355 g/mol. The van der Waals surface area contributed by atoms with Crippen molar-refractivity contribution < 1.29 is 0 Å². The van der Waals surface area contributed by atoms with Gasteiger partial charge < -0.3 is 0 Å². The molecular weight excluding hydrogens is 332 g/mol. The Kier molecular flexibility index (Phi) is 3.45. The van der Waals surface area contributed by atoms with Crippen LogP contribution in [-0.4, -0.2) is 0 Å². The van der Waals surface area contributed by atoms with Crippen molar-refractivity contribution in [1.82, 2.24) is 0 Å². The van der Waals surface area contributed by atoms with Gasteiger partial charge in [-0.05, 0) is 47.1 Å². The first-order chi connectivity index (χ1) is 10.6. The van der Waals surface area contributed by atoms with Crippen LogP contribution in [0.4, 0.5) is 0 Å². The molecule has 1 saturated carbocycles. The number of hydrogen-bond donors (Lipinski definition) is 0. The molecule has 4 rings (SSSR count). The Morgan fingerprint density at radius 2 is 1.68 bits per heavy atom. The van der Waals surface area contributed by atoms with E-state index in [1.165, 1.54) is 53.3 Å². The minimum Gasteiger partial charge on any atom is -0.0619 e. The van der Waals surface area contributed by atoms with E-state index >= 15 is 0 Å². The molecule has 0 saturated heterocycles. The van der Waals surface area contributed by atoms with Gasteiger partial charge in [-0.3, -0.25) is 0 Å². The van der Waals surface area contributed by atoms with Crippen LogP contribution in [0, 0.1) is 0 Å². The van der Waals surface area contributed by atoms with E-state index in [0.29, 0.717) is 0 Å². The molecule has 2 aliphatic carbocycles. The summed E-state index contributed by atoms with van der Waals surface area (Å²) in [6.07, 6.45) is 6.92. The Morgan fingerprint density at radius 3 is 2.45 bits per heavy atom. The number of fused-ring (bicyclic) bond motifs is 3. The van der Waals surface area contributed by atoms with Crippen LogP contribution in [0.25, 0.3) is 11.1 Å². The molecule has 0 aliphatic heterocycles. The molecule has 0 amide bonds. The van der Waals surface area contributed by atoms with E-state index in [0.717, 1.165) is 5.92 Å². The van der Waals surface area contributed by atoms with Gasteiger partial charge in [0, 0.05) is 15.5 Å². The third-order valence-electron chi connectivity index (χ3n) is 5.73. The van der Waals surface area contributed by atoms with E-state index < -0.39 is 0 Å². The zero-order chi connectivity index (χ0) is 15.3. The van der Waals surface area contributed by atoms with Crippen LogP contribution in [0.15, 0.2) is 40.9 Å². The highest BCUT2D eigenvalue weighted by atomic mass is 79.9. The quantitative estimate of drug-likeness (QED) is 0.527. The molecule has 0 bridgehead atoms. The standard InChI is InChI=1S/C21H23Br/c1-21(2)17-11-7-6-10-16(17)19-18(22)13-12-15(20(19)21)14-8-4-3-5-9-14/h6-7,10-14H,3-5,8-9H2,1-2H3. The maximum atomic E-state index is 3.83. The summed E-state index contributed by atoms with van der Waals surface area (Å²) < 4.78 is 1.25. The molecule has 0 atom stereocenters. The first-order valence-corrected chi connectivity index (χ1v) is 9.33. The first kappa shape index (κ1) is 14.5. The zero-order valence-electron chi connectivity index (χ0n) is 13.5. The molecule has 114 valence electrons. The second kappa shape index (κ2) is 5.23. The summed E-state index contributed by atoms with van der Waals surface area (Å²) in [5.74, 6) is 0.754. The monoisotopic (exact) mass is 354 g/mol. The van der Waals surface area contributed by atoms with Crippen molar-refractivity contribution in [3.05, 3.63) is 57.6 Å². The molecule has 22 heavy (non-hydrogen) atoms. The predicted octanol–water partition coefficient (Wildman–Crippen LogP) is 6.80. The zero-order valence-corrected chi connectivity index (χ0v) is 15.0. The topological polar surface area (TPSA) is 0 Å². The molecule has 2 aromatic rings. The van der Waals surface area contributed by atoms with Crippen LogP contribution in [0.5, 0.6) is 0 Å². The Balaban J connectivity index is 1.97. The van der Waals surface area contributed by atoms with Crippen LogP contribution in [0.2, 0.25) is 0 Å². The molecule has 0 N–H and O–H groups in total. The second-order valence-electron chi connectivity index (χ2n) is 7.39. The molecule has 0 unspecified atom stereocenters. The van der Waals surface area contributed by atoms with Gasteiger partial charge in [0.2, 0.25) is 0 Å². The van der Waals surface area contributed by atoms with Crippen molar-refractivity contribution in [3.63, 3.8) is 0 Å². The molecule has 1 fully saturated rings. The lowest BCUT2D eigenvalue weighted by atomic mass is 9.74. The first-order valence-electron chi connectivity index (χ1n) is 8.53. The number of hydrogen-bond acceptors (Lipinski definition) is 0. The van der Waals surface area contributed by atoms with Crippen LogP contribution in [0.3, 0.4) is 0 Å². The van der Waals surface area contributed by atoms with Gasteiger partial charge in [-0.2, -0.15) is 0 Å². The largest absolute Gasteiger partial charge is 0.0619 e. The van der Waals surface area contributed by atoms with E-state index in [-0.39, 0.29) is 5.41 Å². The highest BCUT2D eigenvalue weighted by Crippen LogP contribution is 2.54. The molecule has 0 spiro atoms. The summed E-state index contributed by atoms with van der Waals surface area (Å²) in [4.78, 5) is 0. The highest BCUT2D eigenvalue weighted by Gasteiger charge is 2.39. The van der Waals surface area contributed by atoms with Gasteiger partial charge in [0.1, 0.15) is 0 Å². The van der Waals surface area contributed by atoms with Crippen LogP contribution < -0.4 is 0 Å². The summed E-state index contributed by atoms with van der Waals surface area (Å²) in [5, 5.41) is 0. The van der Waals surface area contributed by atoms with Crippen molar-refractivity contribution in [2.45, 2.75) is 57.3 Å². The van der Waals surface area contributed by atoms with E-state index in [2.05, 4.69) is 66.2 Å². The Bertz CT molecular complexity index is 721. The van der Waals surface area contributed by atoms with Gasteiger partial charge in [-0.25, -0.2) is 0 Å². The van der Waals surface area contributed by atoms with E-state index in [4.69, 9.17) is 0 Å². The molecular formula is C21H23Br. The molecule has 1 heteroatoms. The van der Waals surface area contributed by atoms with Crippen molar-refractivity contribution in [2.75, 3.05) is 0 Å². The lowest BCUT2D eigenvalue weighted by Crippen LogP contribution is -2.19. The summed E-state index contributed by atoms with van der Waals surface area (Å²) >= 11 is 3.83. The fraction of sp³-hybridized carbons (Fsp3) is 0.429. The fourth-order valence-corrected chi connectivity index (χ4v) is 5.21. The highest BCUT2D eigenvalue weighted by molar-refractivity contribution is 9.10. The van der Waals surface area contributed by atoms with Gasteiger partial charge in [0.05, 0.1) is 0 Å². The molecule has 0 radical (unpaired) electrons. The van der Waals surface area contributed by atoms with Crippen molar-refractivity contribution in [2.24, 2.45) is 0 Å². The van der Waals surface area contributed by atoms with E-state index in [1.807, 2.05) is 0 Å². The third kappa shape index (κ3) is 2.01. The molecule has 0 nitrogen and oxygen atoms in total. The Hall–Kier alpha value is -1.08. The van der Waals surface area contributed by atoms with Crippen molar-refractivity contribution in [1.29, 1.82) is 0 Å². The third-order valence-corrected chi connectivity index (χ3v) is 6.39. The summed E-state index contributed by atoms with van der Waals surface area (Å²) in [7, 11) is 0. The maximum absolute atomic E-state index is 3.83. The molecule has 0 aromatic heterocycles. The van der Waals surface area contributed by atoms with Gasteiger partial charge in [0.15, 0.2) is 0 Å². The minimum atomic E-state index is 0.114. The Labute approximate surface area is 142 Å². The fourth-order valence-electron chi connectivity index (χ4n) is 4.66. The molecule has 0 heterocycles. The predicted molar refractivity (Wildman–Crippen MR) is 97.5 cm³/mol. The SMILES string of the molecule is CC1(C)c2ccccc2-c2c(Br)ccc(C3CCCCC3)c21. The molecule has 2 aliphatic rings. The average Bonchev–Trinajstić information content (AvgIpc) is 2.79.